The first-order valence-corrected chi connectivity index (χ1v) is 15.5. The van der Waals surface area contributed by atoms with Crippen molar-refractivity contribution >= 4 is 33.2 Å². The van der Waals surface area contributed by atoms with Crippen molar-refractivity contribution in [2.75, 3.05) is 6.54 Å². The lowest BCUT2D eigenvalue weighted by Gasteiger charge is -2.27. The lowest BCUT2D eigenvalue weighted by molar-refractivity contribution is -0.126. The van der Waals surface area contributed by atoms with Gasteiger partial charge in [-0.2, -0.15) is 0 Å². The monoisotopic (exact) mass is 622 g/mol. The van der Waals surface area contributed by atoms with Crippen LogP contribution in [0.3, 0.4) is 0 Å². The van der Waals surface area contributed by atoms with E-state index < -0.39 is 11.6 Å². The van der Waals surface area contributed by atoms with Crippen molar-refractivity contribution < 1.29 is 23.1 Å². The van der Waals surface area contributed by atoms with E-state index in [1.54, 1.807) is 24.8 Å². The van der Waals surface area contributed by atoms with Gasteiger partial charge in [0, 0.05) is 52.0 Å². The fourth-order valence-corrected chi connectivity index (χ4v) is 6.99. The number of hydrogen-bond donors (Lipinski definition) is 1. The van der Waals surface area contributed by atoms with Crippen molar-refractivity contribution in [2.24, 2.45) is 0 Å². The Labute approximate surface area is 262 Å². The molecule has 0 aliphatic carbocycles. The number of benzene rings is 2. The van der Waals surface area contributed by atoms with Gasteiger partial charge in [-0.1, -0.05) is 18.7 Å². The van der Waals surface area contributed by atoms with Crippen molar-refractivity contribution in [3.8, 4) is 39.5 Å². The number of pyridine rings is 2. The summed E-state index contributed by atoms with van der Waals surface area (Å²) in [5, 5.41) is 5.53. The summed E-state index contributed by atoms with van der Waals surface area (Å²) in [6.07, 6.45) is 1.58. The Hall–Kier alpha value is -4.96. The summed E-state index contributed by atoms with van der Waals surface area (Å²) in [4.78, 5) is 36.5. The molecule has 10 heteroatoms. The predicted octanol–water partition coefficient (Wildman–Crippen LogP) is 7.07. The Balaban J connectivity index is 1.51. The van der Waals surface area contributed by atoms with Crippen LogP contribution in [-0.2, 0) is 24.3 Å². The number of nitrogens with one attached hydrogen (secondary N) is 1. The summed E-state index contributed by atoms with van der Waals surface area (Å²) in [7, 11) is 0. The molecule has 7 rings (SSSR count). The summed E-state index contributed by atoms with van der Waals surface area (Å²) >= 11 is 1.41. The number of ether oxygens (including phenoxy) is 1. The van der Waals surface area contributed by atoms with Gasteiger partial charge in [0.2, 0.25) is 5.91 Å². The third kappa shape index (κ3) is 5.04. The Kier molecular flexibility index (Phi) is 7.16. The van der Waals surface area contributed by atoms with Crippen LogP contribution >= 0.6 is 11.3 Å². The summed E-state index contributed by atoms with van der Waals surface area (Å²) in [5.74, 6) is -1.76. The highest BCUT2D eigenvalue weighted by molar-refractivity contribution is 7.18. The topological polar surface area (TPSA) is 84.4 Å². The molecule has 3 aromatic heterocycles. The zero-order valence-electron chi connectivity index (χ0n) is 24.6. The molecule has 45 heavy (non-hydrogen) atoms. The molecule has 2 aliphatic heterocycles. The second kappa shape index (κ2) is 11.2. The maximum Gasteiger partial charge on any atom is 0.251 e. The first-order chi connectivity index (χ1) is 21.7. The quantitative estimate of drug-likeness (QED) is 0.205. The molecular formula is C35H28F2N4O3S. The third-order valence-electron chi connectivity index (χ3n) is 8.09. The third-order valence-corrected chi connectivity index (χ3v) is 9.02. The lowest BCUT2D eigenvalue weighted by Crippen LogP contribution is -2.35. The second-order valence-electron chi connectivity index (χ2n) is 11.3. The van der Waals surface area contributed by atoms with Crippen LogP contribution in [0.1, 0.15) is 41.0 Å². The molecule has 0 atom stereocenters. The van der Waals surface area contributed by atoms with Crippen LogP contribution in [0.25, 0.3) is 43.9 Å². The molecule has 0 fully saturated rings. The van der Waals surface area contributed by atoms with E-state index in [-0.39, 0.29) is 29.2 Å². The van der Waals surface area contributed by atoms with Gasteiger partial charge in [0.1, 0.15) is 17.4 Å². The molecule has 5 aromatic rings. The van der Waals surface area contributed by atoms with Gasteiger partial charge in [0.25, 0.3) is 5.91 Å². The second-order valence-corrected chi connectivity index (χ2v) is 12.3. The highest BCUT2D eigenvalue weighted by Crippen LogP contribution is 2.47. The van der Waals surface area contributed by atoms with Crippen LogP contribution in [0, 0.1) is 11.6 Å². The largest absolute Gasteiger partial charge is 0.490 e. The average Bonchev–Trinajstić information content (AvgIpc) is 3.66. The van der Waals surface area contributed by atoms with Gasteiger partial charge in [0.05, 0.1) is 41.0 Å². The molecule has 0 unspecified atom stereocenters. The van der Waals surface area contributed by atoms with Gasteiger partial charge in [0.15, 0.2) is 0 Å². The van der Waals surface area contributed by atoms with E-state index in [2.05, 4.69) is 11.9 Å². The lowest BCUT2D eigenvalue weighted by atomic mass is 9.94. The van der Waals surface area contributed by atoms with Crippen LogP contribution < -0.4 is 10.1 Å². The highest BCUT2D eigenvalue weighted by Gasteiger charge is 2.28. The van der Waals surface area contributed by atoms with Crippen LogP contribution in [0.15, 0.2) is 66.6 Å². The number of nitrogens with zero attached hydrogens (tertiary/aromatic N) is 3. The number of carbonyl (C=O) groups excluding carboxylic acids is 2. The maximum atomic E-state index is 16.0. The average molecular weight is 623 g/mol. The van der Waals surface area contributed by atoms with Gasteiger partial charge in [-0.15, -0.1) is 11.3 Å². The van der Waals surface area contributed by atoms with Crippen molar-refractivity contribution in [3.63, 3.8) is 0 Å². The molecule has 0 spiro atoms. The summed E-state index contributed by atoms with van der Waals surface area (Å²) in [6.45, 7) is 8.48. The van der Waals surface area contributed by atoms with E-state index in [0.717, 1.165) is 38.5 Å². The Morgan fingerprint density at radius 1 is 1.07 bits per heavy atom. The van der Waals surface area contributed by atoms with Crippen LogP contribution in [-0.4, -0.2) is 39.3 Å². The highest BCUT2D eigenvalue weighted by atomic mass is 32.1. The standard InChI is InChI=1S/C35H28F2N4O3S/c1-4-29(42)41-11-9-19-6-8-26(39-27(19)17-41)33-31(30-25(37)14-22(36)15-28(30)44-18(2)3)34-24(10-12-45-34)32(40-33)20-5-7-23-21(13-20)16-38-35(23)43/h4-8,10,12-15,18H,1,9,11,16-17H2,2-3H3,(H,38,43). The molecule has 0 bridgehead atoms. The van der Waals surface area contributed by atoms with Crippen molar-refractivity contribution in [1.82, 2.24) is 20.2 Å². The van der Waals surface area contributed by atoms with Crippen molar-refractivity contribution in [1.29, 1.82) is 0 Å². The fourth-order valence-electron chi connectivity index (χ4n) is 6.04. The van der Waals surface area contributed by atoms with Crippen molar-refractivity contribution in [3.05, 3.63) is 101 Å². The molecule has 2 amide bonds. The Morgan fingerprint density at radius 3 is 2.71 bits per heavy atom. The molecule has 2 aliphatic rings. The molecule has 0 saturated carbocycles. The fraction of sp³-hybridized carbons (Fsp3) is 0.200. The molecule has 5 heterocycles. The van der Waals surface area contributed by atoms with E-state index in [1.165, 1.54) is 23.5 Å². The summed E-state index contributed by atoms with van der Waals surface area (Å²) in [6, 6.07) is 13.4. The van der Waals surface area contributed by atoms with Crippen LogP contribution in [0.4, 0.5) is 8.78 Å². The molecule has 7 nitrogen and oxygen atoms in total. The van der Waals surface area contributed by atoms with E-state index in [9.17, 15) is 14.0 Å². The number of carbonyl (C=O) groups is 2. The predicted molar refractivity (Wildman–Crippen MR) is 170 cm³/mol. The van der Waals surface area contributed by atoms with Crippen molar-refractivity contribution in [2.45, 2.75) is 39.5 Å². The number of amides is 2. The first kappa shape index (κ1) is 28.8. The zero-order valence-corrected chi connectivity index (χ0v) is 25.4. The van der Waals surface area contributed by atoms with Crippen LogP contribution in [0.2, 0.25) is 0 Å². The molecule has 2 aromatic carbocycles. The number of fused-ring (bicyclic) bond motifs is 3. The number of thiophene rings is 1. The van der Waals surface area contributed by atoms with E-state index >= 15 is 4.39 Å². The van der Waals surface area contributed by atoms with Gasteiger partial charge >= 0.3 is 0 Å². The van der Waals surface area contributed by atoms with E-state index in [1.807, 2.05) is 35.7 Å². The molecule has 226 valence electrons. The maximum absolute atomic E-state index is 16.0. The normalized spacial score (nSPS) is 14.0. The van der Waals surface area contributed by atoms with Gasteiger partial charge in [-0.3, -0.25) is 9.59 Å². The van der Waals surface area contributed by atoms with E-state index in [0.29, 0.717) is 54.3 Å². The minimum atomic E-state index is -0.779. The summed E-state index contributed by atoms with van der Waals surface area (Å²) < 4.78 is 37.3. The minimum Gasteiger partial charge on any atom is -0.490 e. The smallest absolute Gasteiger partial charge is 0.251 e. The molecule has 0 saturated heterocycles. The van der Waals surface area contributed by atoms with Crippen LogP contribution in [0.5, 0.6) is 5.75 Å². The number of rotatable bonds is 6. The zero-order chi connectivity index (χ0) is 31.4. The molecule has 1 N–H and O–H groups in total. The molecule has 0 radical (unpaired) electrons. The Morgan fingerprint density at radius 2 is 1.91 bits per heavy atom. The Bertz CT molecular complexity index is 2060. The first-order valence-electron chi connectivity index (χ1n) is 14.6. The van der Waals surface area contributed by atoms with Gasteiger partial charge < -0.3 is 15.0 Å². The minimum absolute atomic E-state index is 0.0656. The summed E-state index contributed by atoms with van der Waals surface area (Å²) in [5.41, 5.74) is 6.06. The SMILES string of the molecule is C=CC(=O)N1CCc2ccc(-c3nc(-c4ccc5c(c4)CNC5=O)c4ccsc4c3-c3c(F)cc(F)cc3OC(C)C)nc2C1. The number of halogens is 2. The number of aromatic nitrogens is 2. The van der Waals surface area contributed by atoms with E-state index in [4.69, 9.17) is 14.7 Å². The van der Waals surface area contributed by atoms with Gasteiger partial charge in [-0.25, -0.2) is 18.7 Å². The molecular weight excluding hydrogens is 594 g/mol. The number of hydrogen-bond acceptors (Lipinski definition) is 6. The van der Waals surface area contributed by atoms with Gasteiger partial charge in [-0.05, 0) is 67.1 Å².